The number of alkyl halides is 2. The highest BCUT2D eigenvalue weighted by Crippen LogP contribution is 2.34. The summed E-state index contributed by atoms with van der Waals surface area (Å²) in [6.07, 6.45) is 4.03. The Morgan fingerprint density at radius 1 is 1.21 bits per heavy atom. The van der Waals surface area contributed by atoms with Crippen molar-refractivity contribution in [1.82, 2.24) is 34.1 Å². The number of aromatic nitrogens is 6. The summed E-state index contributed by atoms with van der Waals surface area (Å²) < 4.78 is 36.8. The number of fused-ring (bicyclic) bond motifs is 1. The van der Waals surface area contributed by atoms with Crippen LogP contribution >= 0.6 is 0 Å². The van der Waals surface area contributed by atoms with Crippen molar-refractivity contribution in [3.63, 3.8) is 0 Å². The van der Waals surface area contributed by atoms with Gasteiger partial charge >= 0.3 is 6.55 Å². The second kappa shape index (κ2) is 8.52. The Hall–Kier alpha value is -3.80. The predicted octanol–water partition coefficient (Wildman–Crippen LogP) is 2.82. The first-order chi connectivity index (χ1) is 16.3. The third-order valence-corrected chi connectivity index (χ3v) is 6.05. The number of hydrogen-bond acceptors (Lipinski definition) is 7. The Morgan fingerprint density at radius 3 is 2.68 bits per heavy atom. The highest BCUT2D eigenvalue weighted by atomic mass is 19.3. The van der Waals surface area contributed by atoms with Gasteiger partial charge in [-0.2, -0.15) is 28.8 Å². The smallest absolute Gasteiger partial charge is 0.333 e. The van der Waals surface area contributed by atoms with E-state index in [4.69, 9.17) is 4.74 Å². The second-order valence-electron chi connectivity index (χ2n) is 8.39. The van der Waals surface area contributed by atoms with E-state index in [0.29, 0.717) is 45.3 Å². The molecule has 34 heavy (non-hydrogen) atoms. The Bertz CT molecular complexity index is 1380. The van der Waals surface area contributed by atoms with E-state index in [1.165, 1.54) is 10.9 Å². The maximum Gasteiger partial charge on any atom is 0.333 e. The lowest BCUT2D eigenvalue weighted by molar-refractivity contribution is 0.0576. The monoisotopic (exact) mass is 470 g/mol. The van der Waals surface area contributed by atoms with E-state index in [1.54, 1.807) is 48.9 Å². The molecule has 1 aliphatic heterocycles. The largest absolute Gasteiger partial charge is 0.488 e. The predicted molar refractivity (Wildman–Crippen MR) is 122 cm³/mol. The molecule has 0 aliphatic carbocycles. The fourth-order valence-electron chi connectivity index (χ4n) is 3.99. The standard InChI is InChI=1S/C22H24F2N8O2/c1-13-8-18(27-30(3)21(13)33)26-19-10-16-9-14(4-7-31(16)28-19)20-17(11-25-32(20)22(23)24)34-12-15-5-6-29(15)2/h4,7-11,15,22H,5-6,12H2,1-3H3,(H,26,27,28)/t15-/m1/s1. The number of pyridine rings is 1. The van der Waals surface area contributed by atoms with Crippen molar-refractivity contribution in [3.8, 4) is 17.0 Å². The molecule has 0 aromatic carbocycles. The van der Waals surface area contributed by atoms with Crippen molar-refractivity contribution in [2.75, 3.05) is 25.5 Å². The van der Waals surface area contributed by atoms with Crippen molar-refractivity contribution >= 4 is 17.2 Å². The molecule has 4 aromatic heterocycles. The fraction of sp³-hybridized carbons (Fsp3) is 0.364. The zero-order chi connectivity index (χ0) is 24.0. The summed E-state index contributed by atoms with van der Waals surface area (Å²) in [5.74, 6) is 1.28. The van der Waals surface area contributed by atoms with E-state index in [2.05, 4.69) is 25.5 Å². The lowest BCUT2D eigenvalue weighted by atomic mass is 10.1. The van der Waals surface area contributed by atoms with Crippen LogP contribution in [0.5, 0.6) is 5.75 Å². The number of ether oxygens (including phenoxy) is 1. The SMILES string of the molecule is Cc1cc(Nc2cc3cc(-c4c(OC[C@H]5CCN5C)cnn4C(F)F)ccn3n2)nn(C)c1=O. The molecule has 0 radical (unpaired) electrons. The summed E-state index contributed by atoms with van der Waals surface area (Å²) in [4.78, 5) is 14.0. The van der Waals surface area contributed by atoms with Crippen LogP contribution in [0, 0.1) is 6.92 Å². The van der Waals surface area contributed by atoms with Crippen molar-refractivity contribution in [2.45, 2.75) is 25.9 Å². The van der Waals surface area contributed by atoms with Crippen LogP contribution in [0.4, 0.5) is 20.4 Å². The summed E-state index contributed by atoms with van der Waals surface area (Å²) in [6.45, 7) is 0.309. The molecule has 5 heterocycles. The lowest BCUT2D eigenvalue weighted by Crippen LogP contribution is -2.48. The van der Waals surface area contributed by atoms with Gasteiger partial charge in [0.1, 0.15) is 12.3 Å². The number of aryl methyl sites for hydroxylation is 2. The Kier molecular flexibility index (Phi) is 5.52. The van der Waals surface area contributed by atoms with E-state index in [9.17, 15) is 13.6 Å². The molecule has 1 N–H and O–H groups in total. The molecule has 0 amide bonds. The van der Waals surface area contributed by atoms with Gasteiger partial charge in [0.05, 0.1) is 11.7 Å². The number of likely N-dealkylation sites (N-methyl/N-ethyl adjacent to an activating group) is 1. The number of likely N-dealkylation sites (tertiary alicyclic amines) is 1. The van der Waals surface area contributed by atoms with Gasteiger partial charge in [0.25, 0.3) is 5.56 Å². The molecule has 12 heteroatoms. The minimum atomic E-state index is -2.81. The first-order valence-electron chi connectivity index (χ1n) is 10.8. The van der Waals surface area contributed by atoms with E-state index >= 15 is 0 Å². The minimum absolute atomic E-state index is 0.178. The molecule has 5 rings (SSSR count). The molecule has 10 nitrogen and oxygen atoms in total. The zero-order valence-electron chi connectivity index (χ0n) is 18.9. The molecule has 1 fully saturated rings. The second-order valence-corrected chi connectivity index (χ2v) is 8.39. The molecule has 1 aliphatic rings. The van der Waals surface area contributed by atoms with Crippen LogP contribution in [0.1, 0.15) is 18.5 Å². The first-order valence-corrected chi connectivity index (χ1v) is 10.8. The third kappa shape index (κ3) is 4.00. The Morgan fingerprint density at radius 2 is 2.00 bits per heavy atom. The van der Waals surface area contributed by atoms with Crippen LogP contribution in [0.2, 0.25) is 0 Å². The number of rotatable bonds is 7. The van der Waals surface area contributed by atoms with Crippen LogP contribution in [-0.4, -0.2) is 60.3 Å². The van der Waals surface area contributed by atoms with Gasteiger partial charge < -0.3 is 10.1 Å². The third-order valence-electron chi connectivity index (χ3n) is 6.05. The number of halogens is 2. The van der Waals surface area contributed by atoms with Gasteiger partial charge in [-0.15, -0.1) is 0 Å². The summed E-state index contributed by atoms with van der Waals surface area (Å²) >= 11 is 0. The Balaban J connectivity index is 1.45. The topological polar surface area (TPSA) is 94.5 Å². The molecule has 4 aromatic rings. The maximum absolute atomic E-state index is 13.7. The summed E-state index contributed by atoms with van der Waals surface area (Å²) in [5, 5.41) is 15.6. The minimum Gasteiger partial charge on any atom is -0.488 e. The van der Waals surface area contributed by atoms with Crippen LogP contribution in [0.15, 0.2) is 41.5 Å². The van der Waals surface area contributed by atoms with Crippen LogP contribution in [0.25, 0.3) is 16.8 Å². The number of hydrogen-bond donors (Lipinski definition) is 1. The summed E-state index contributed by atoms with van der Waals surface area (Å²) in [7, 11) is 3.58. The normalized spacial score (nSPS) is 16.2. The molecule has 1 atom stereocenters. The first kappa shape index (κ1) is 22.0. The molecule has 0 bridgehead atoms. The zero-order valence-corrected chi connectivity index (χ0v) is 18.9. The van der Waals surface area contributed by atoms with Gasteiger partial charge in [-0.1, -0.05) is 0 Å². The molecular formula is C22H24F2N8O2. The molecule has 0 spiro atoms. The average Bonchev–Trinajstić information content (AvgIpc) is 3.39. The van der Waals surface area contributed by atoms with Gasteiger partial charge in [-0.05, 0) is 45.1 Å². The molecule has 0 unspecified atom stereocenters. The van der Waals surface area contributed by atoms with Crippen molar-refractivity contribution in [3.05, 3.63) is 52.6 Å². The summed E-state index contributed by atoms with van der Waals surface area (Å²) in [5.41, 5.74) is 1.79. The van der Waals surface area contributed by atoms with Gasteiger partial charge in [-0.3, -0.25) is 9.69 Å². The van der Waals surface area contributed by atoms with Crippen molar-refractivity contribution < 1.29 is 13.5 Å². The van der Waals surface area contributed by atoms with Gasteiger partial charge in [-0.25, -0.2) is 9.20 Å². The quantitative estimate of drug-likeness (QED) is 0.444. The number of nitrogens with one attached hydrogen (secondary N) is 1. The van der Waals surface area contributed by atoms with E-state index in [-0.39, 0.29) is 17.3 Å². The van der Waals surface area contributed by atoms with Gasteiger partial charge in [0.15, 0.2) is 17.4 Å². The molecule has 1 saturated heterocycles. The number of anilines is 2. The number of nitrogens with zero attached hydrogens (tertiary/aromatic N) is 7. The van der Waals surface area contributed by atoms with E-state index < -0.39 is 6.55 Å². The summed E-state index contributed by atoms with van der Waals surface area (Å²) in [6, 6.07) is 7.11. The Labute approximate surface area is 193 Å². The van der Waals surface area contributed by atoms with E-state index in [0.717, 1.165) is 13.0 Å². The maximum atomic E-state index is 13.7. The van der Waals surface area contributed by atoms with E-state index in [1.807, 2.05) is 7.05 Å². The highest BCUT2D eigenvalue weighted by molar-refractivity contribution is 5.73. The van der Waals surface area contributed by atoms with Crippen LogP contribution in [0.3, 0.4) is 0 Å². The van der Waals surface area contributed by atoms with Crippen LogP contribution < -0.4 is 15.6 Å². The van der Waals surface area contributed by atoms with Crippen molar-refractivity contribution in [1.29, 1.82) is 0 Å². The van der Waals surface area contributed by atoms with Gasteiger partial charge in [0, 0.05) is 36.5 Å². The molecule has 178 valence electrons. The fourth-order valence-corrected chi connectivity index (χ4v) is 3.99. The molecular weight excluding hydrogens is 446 g/mol. The van der Waals surface area contributed by atoms with Crippen LogP contribution in [-0.2, 0) is 7.05 Å². The highest BCUT2D eigenvalue weighted by Gasteiger charge is 2.26. The lowest BCUT2D eigenvalue weighted by Gasteiger charge is -2.37. The molecule has 0 saturated carbocycles. The van der Waals surface area contributed by atoms with Gasteiger partial charge in [0.2, 0.25) is 0 Å². The average molecular weight is 470 g/mol. The van der Waals surface area contributed by atoms with Crippen molar-refractivity contribution in [2.24, 2.45) is 7.05 Å².